The van der Waals surface area contributed by atoms with E-state index in [1.807, 2.05) is 42.5 Å². The number of rotatable bonds is 7. The maximum Gasteiger partial charge on any atom is 0.0998 e. The van der Waals surface area contributed by atoms with Crippen molar-refractivity contribution in [2.24, 2.45) is 0 Å². The highest BCUT2D eigenvalue weighted by Gasteiger charge is 2.39. The zero-order valence-corrected chi connectivity index (χ0v) is 20.0. The van der Waals surface area contributed by atoms with E-state index in [2.05, 4.69) is 68.2 Å². The second-order valence-electron chi connectivity index (χ2n) is 8.75. The van der Waals surface area contributed by atoms with Gasteiger partial charge in [-0.15, -0.1) is 0 Å². The number of hydrogen-bond acceptors (Lipinski definition) is 3. The number of fused-ring (bicyclic) bond motifs is 1. The lowest BCUT2D eigenvalue weighted by Crippen LogP contribution is -2.26. The minimum Gasteiger partial charge on any atom is -0.344 e. The molecular formula is C30H31N3. The number of unbranched alkanes of at least 4 members (excludes halogenated alkanes) is 1. The molecule has 2 aromatic carbocycles. The van der Waals surface area contributed by atoms with Gasteiger partial charge in [0.2, 0.25) is 0 Å². The van der Waals surface area contributed by atoms with Crippen molar-refractivity contribution in [3.8, 4) is 12.1 Å². The molecule has 1 aliphatic heterocycles. The summed E-state index contributed by atoms with van der Waals surface area (Å²) >= 11 is 0. The molecule has 3 rings (SSSR count). The third kappa shape index (κ3) is 5.00. The number of para-hydroxylation sites is 1. The number of nitrogens with zero attached hydrogens (tertiary/aromatic N) is 3. The first kappa shape index (κ1) is 23.8. The molecule has 3 heteroatoms. The van der Waals surface area contributed by atoms with Crippen LogP contribution in [0.3, 0.4) is 0 Å². The van der Waals surface area contributed by atoms with Gasteiger partial charge in [-0.05, 0) is 42.7 Å². The summed E-state index contributed by atoms with van der Waals surface area (Å²) in [5, 5.41) is 19.3. The first-order chi connectivity index (χ1) is 16.0. The van der Waals surface area contributed by atoms with E-state index >= 15 is 0 Å². The van der Waals surface area contributed by atoms with E-state index in [0.29, 0.717) is 16.7 Å². The standard InChI is InChI=1S/C30H31N3/c1-5-6-20-33-27-18-12-11-17-26(27)30(3,4)28(33)19-13-10-16-25(22-32)29(23(2)21-31)24-14-8-7-9-15-24/h7-19H,5-6,20H2,1-4H3/b13-10+,25-16+,28-19+,29-23-. The summed E-state index contributed by atoms with van der Waals surface area (Å²) in [6.45, 7) is 9.48. The molecule has 3 nitrogen and oxygen atoms in total. The van der Waals surface area contributed by atoms with Crippen molar-refractivity contribution in [3.05, 3.63) is 107 Å². The molecule has 1 heterocycles. The van der Waals surface area contributed by atoms with Crippen LogP contribution in [0.5, 0.6) is 0 Å². The van der Waals surface area contributed by atoms with Crippen LogP contribution >= 0.6 is 0 Å². The van der Waals surface area contributed by atoms with Gasteiger partial charge < -0.3 is 4.90 Å². The lowest BCUT2D eigenvalue weighted by molar-refractivity contribution is 0.624. The fraction of sp³-hybridized carbons (Fsp3) is 0.267. The molecule has 0 spiro atoms. The summed E-state index contributed by atoms with van der Waals surface area (Å²) in [6.07, 6.45) is 10.1. The molecule has 2 aromatic rings. The Labute approximate surface area is 198 Å². The van der Waals surface area contributed by atoms with Gasteiger partial charge in [-0.1, -0.05) is 87.9 Å². The predicted octanol–water partition coefficient (Wildman–Crippen LogP) is 7.47. The molecule has 1 aliphatic rings. The van der Waals surface area contributed by atoms with Crippen LogP contribution in [-0.2, 0) is 5.41 Å². The monoisotopic (exact) mass is 433 g/mol. The third-order valence-electron chi connectivity index (χ3n) is 6.16. The van der Waals surface area contributed by atoms with Crippen LogP contribution in [0.2, 0.25) is 0 Å². The van der Waals surface area contributed by atoms with Crippen LogP contribution in [0.15, 0.2) is 95.7 Å². The molecule has 0 saturated heterocycles. The summed E-state index contributed by atoms with van der Waals surface area (Å²) in [4.78, 5) is 2.42. The SMILES string of the molecule is CCCCN1/C(=C/C=C/C=C(C#N)/C(=C(/C)C#N)c2ccccc2)C(C)(C)c2ccccc21. The number of nitriles is 2. The molecule has 0 radical (unpaired) electrons. The second kappa shape index (κ2) is 10.7. The highest BCUT2D eigenvalue weighted by Crippen LogP contribution is 2.47. The number of hydrogen-bond donors (Lipinski definition) is 0. The predicted molar refractivity (Wildman–Crippen MR) is 137 cm³/mol. The van der Waals surface area contributed by atoms with E-state index < -0.39 is 0 Å². The number of anilines is 1. The van der Waals surface area contributed by atoms with Crippen LogP contribution in [0.1, 0.15) is 51.7 Å². The molecule has 0 saturated carbocycles. The average molecular weight is 434 g/mol. The fourth-order valence-electron chi connectivity index (χ4n) is 4.41. The summed E-state index contributed by atoms with van der Waals surface area (Å²) < 4.78 is 0. The lowest BCUT2D eigenvalue weighted by Gasteiger charge is -2.27. The Balaban J connectivity index is 1.97. The quantitative estimate of drug-likeness (QED) is 0.336. The molecule has 0 unspecified atom stereocenters. The zero-order valence-electron chi connectivity index (χ0n) is 20.0. The highest BCUT2D eigenvalue weighted by atomic mass is 15.2. The molecule has 0 aliphatic carbocycles. The Bertz CT molecular complexity index is 1200. The molecule has 166 valence electrons. The van der Waals surface area contributed by atoms with Crippen LogP contribution < -0.4 is 4.90 Å². The third-order valence-corrected chi connectivity index (χ3v) is 6.16. The molecule has 0 bridgehead atoms. The second-order valence-corrected chi connectivity index (χ2v) is 8.75. The van der Waals surface area contributed by atoms with Crippen molar-refractivity contribution >= 4 is 11.3 Å². The van der Waals surface area contributed by atoms with E-state index in [1.165, 1.54) is 16.9 Å². The largest absolute Gasteiger partial charge is 0.344 e. The van der Waals surface area contributed by atoms with Crippen molar-refractivity contribution in [2.45, 2.75) is 46.0 Å². The first-order valence-electron chi connectivity index (χ1n) is 11.5. The van der Waals surface area contributed by atoms with Crippen molar-refractivity contribution in [3.63, 3.8) is 0 Å². The Morgan fingerprint density at radius 1 is 0.970 bits per heavy atom. The van der Waals surface area contributed by atoms with Crippen LogP contribution in [0, 0.1) is 22.7 Å². The van der Waals surface area contributed by atoms with Gasteiger partial charge in [-0.3, -0.25) is 0 Å². The Kier molecular flexibility index (Phi) is 7.70. The van der Waals surface area contributed by atoms with Gasteiger partial charge in [0.25, 0.3) is 0 Å². The van der Waals surface area contributed by atoms with Gasteiger partial charge in [0.1, 0.15) is 0 Å². The van der Waals surface area contributed by atoms with Gasteiger partial charge in [0.15, 0.2) is 0 Å². The van der Waals surface area contributed by atoms with E-state index in [9.17, 15) is 10.5 Å². The van der Waals surface area contributed by atoms with Gasteiger partial charge in [0.05, 0.1) is 17.7 Å². The van der Waals surface area contributed by atoms with Crippen molar-refractivity contribution in [2.75, 3.05) is 11.4 Å². The minimum atomic E-state index is -0.0943. The lowest BCUT2D eigenvalue weighted by atomic mass is 9.84. The molecule has 0 N–H and O–H groups in total. The van der Waals surface area contributed by atoms with E-state index in [-0.39, 0.29) is 5.41 Å². The Morgan fingerprint density at radius 2 is 1.67 bits per heavy atom. The van der Waals surface area contributed by atoms with E-state index in [0.717, 1.165) is 24.9 Å². The molecule has 0 fully saturated rings. The van der Waals surface area contributed by atoms with Crippen LogP contribution in [-0.4, -0.2) is 6.54 Å². The number of benzene rings is 2. The summed E-state index contributed by atoms with van der Waals surface area (Å²) in [5.74, 6) is 0. The first-order valence-corrected chi connectivity index (χ1v) is 11.5. The molecule has 33 heavy (non-hydrogen) atoms. The van der Waals surface area contributed by atoms with Crippen molar-refractivity contribution in [1.82, 2.24) is 0 Å². The van der Waals surface area contributed by atoms with Gasteiger partial charge in [-0.25, -0.2) is 0 Å². The van der Waals surface area contributed by atoms with Gasteiger partial charge in [-0.2, -0.15) is 10.5 Å². The summed E-state index contributed by atoms with van der Waals surface area (Å²) in [6, 6.07) is 22.7. The van der Waals surface area contributed by atoms with Crippen molar-refractivity contribution < 1.29 is 0 Å². The van der Waals surface area contributed by atoms with E-state index in [4.69, 9.17) is 0 Å². The topological polar surface area (TPSA) is 50.8 Å². The molecule has 0 amide bonds. The Morgan fingerprint density at radius 3 is 2.33 bits per heavy atom. The van der Waals surface area contributed by atoms with E-state index in [1.54, 1.807) is 13.0 Å². The maximum absolute atomic E-state index is 9.83. The summed E-state index contributed by atoms with van der Waals surface area (Å²) in [7, 11) is 0. The fourth-order valence-corrected chi connectivity index (χ4v) is 4.41. The van der Waals surface area contributed by atoms with Gasteiger partial charge >= 0.3 is 0 Å². The molecule has 0 atom stereocenters. The normalized spacial score (nSPS) is 17.0. The van der Waals surface area contributed by atoms with Crippen LogP contribution in [0.25, 0.3) is 5.57 Å². The minimum absolute atomic E-state index is 0.0943. The maximum atomic E-state index is 9.83. The molecule has 0 aromatic heterocycles. The van der Waals surface area contributed by atoms with Crippen molar-refractivity contribution in [1.29, 1.82) is 10.5 Å². The summed E-state index contributed by atoms with van der Waals surface area (Å²) in [5.41, 5.74) is 6.34. The average Bonchev–Trinajstić information content (AvgIpc) is 3.05. The zero-order chi connectivity index (χ0) is 23.8. The highest BCUT2D eigenvalue weighted by molar-refractivity contribution is 5.86. The Hall–Kier alpha value is -3.82. The molecular weight excluding hydrogens is 402 g/mol. The smallest absolute Gasteiger partial charge is 0.0998 e. The number of allylic oxidation sites excluding steroid dienone is 8. The van der Waals surface area contributed by atoms with Crippen LogP contribution in [0.4, 0.5) is 5.69 Å². The van der Waals surface area contributed by atoms with Gasteiger partial charge in [0, 0.05) is 34.5 Å².